The predicted octanol–water partition coefficient (Wildman–Crippen LogP) is 4.46. The molecule has 0 unspecified atom stereocenters. The number of hydrogen-bond donors (Lipinski definition) is 0. The molecular weight excluding hydrogens is 284 g/mol. The maximum atomic E-state index is 4.14. The zero-order valence-corrected chi connectivity index (χ0v) is 17.8. The molecular formula is C19H42N2Si. The van der Waals surface area contributed by atoms with E-state index in [1.54, 1.807) is 0 Å². The largest absolute Gasteiger partial charge is 0.286 e. The highest BCUT2D eigenvalue weighted by Crippen LogP contribution is 2.28. The van der Waals surface area contributed by atoms with Crippen LogP contribution in [0.25, 0.3) is 0 Å². The monoisotopic (exact) mass is 326 g/mol. The molecule has 3 heteroatoms. The van der Waals surface area contributed by atoms with E-state index < -0.39 is 0 Å². The smallest absolute Gasteiger partial charge is 0.0705 e. The first kappa shape index (κ1) is 21.9. The topological polar surface area (TPSA) is 6.48 Å². The summed E-state index contributed by atoms with van der Waals surface area (Å²) in [6.07, 6.45) is 6.31. The molecule has 132 valence electrons. The Bertz CT molecular complexity index is 263. The van der Waals surface area contributed by atoms with Gasteiger partial charge in [-0.1, -0.05) is 38.9 Å². The molecule has 0 aromatic rings. The molecule has 0 rings (SSSR count). The maximum absolute atomic E-state index is 4.14. The van der Waals surface area contributed by atoms with Crippen LogP contribution in [-0.4, -0.2) is 51.2 Å². The van der Waals surface area contributed by atoms with Gasteiger partial charge in [-0.15, -0.1) is 6.58 Å². The Hall–Kier alpha value is -0.123. The Kier molecular flexibility index (Phi) is 12.2. The Morgan fingerprint density at radius 2 is 1.23 bits per heavy atom. The minimum atomic E-state index is -0.101. The molecule has 0 aliphatic carbocycles. The number of nitrogens with zero attached hydrogens (tertiary/aromatic N) is 2. The third-order valence-corrected chi connectivity index (χ3v) is 6.15. The van der Waals surface area contributed by atoms with Crippen molar-refractivity contribution in [2.75, 3.05) is 26.2 Å². The van der Waals surface area contributed by atoms with E-state index >= 15 is 0 Å². The first-order valence-corrected chi connectivity index (χ1v) is 11.3. The fourth-order valence-corrected chi connectivity index (χ4v) is 4.96. The molecule has 0 saturated heterocycles. The van der Waals surface area contributed by atoms with Crippen LogP contribution in [0.1, 0.15) is 73.6 Å². The van der Waals surface area contributed by atoms with Crippen molar-refractivity contribution in [2.24, 2.45) is 0 Å². The molecule has 0 saturated carbocycles. The van der Waals surface area contributed by atoms with Crippen molar-refractivity contribution >= 4 is 9.52 Å². The zero-order valence-electron chi connectivity index (χ0n) is 16.4. The van der Waals surface area contributed by atoms with Crippen LogP contribution in [0.15, 0.2) is 11.8 Å². The van der Waals surface area contributed by atoms with Crippen LogP contribution in [0.4, 0.5) is 0 Å². The van der Waals surface area contributed by atoms with Crippen LogP contribution in [-0.2, 0) is 0 Å². The average Bonchev–Trinajstić information content (AvgIpc) is 2.46. The summed E-state index contributed by atoms with van der Waals surface area (Å²) < 4.78 is 0. The van der Waals surface area contributed by atoms with E-state index in [9.17, 15) is 0 Å². The summed E-state index contributed by atoms with van der Waals surface area (Å²) in [5.74, 6) is 0. The highest BCUT2D eigenvalue weighted by atomic mass is 28.2. The Balaban J connectivity index is 5.22. The highest BCUT2D eigenvalue weighted by Gasteiger charge is 2.35. The van der Waals surface area contributed by atoms with Crippen molar-refractivity contribution in [1.29, 1.82) is 0 Å². The Morgan fingerprint density at radius 3 is 1.50 bits per heavy atom. The Morgan fingerprint density at radius 1 is 0.864 bits per heavy atom. The SMILES string of the molecule is C=C(C)[SiH2]CCC(C)(N(CCC)CCC)N(CCC)CCC. The summed E-state index contributed by atoms with van der Waals surface area (Å²) in [6, 6.07) is 1.39. The minimum Gasteiger partial charge on any atom is -0.286 e. The maximum Gasteiger partial charge on any atom is 0.0705 e. The predicted molar refractivity (Wildman–Crippen MR) is 105 cm³/mol. The summed E-state index contributed by atoms with van der Waals surface area (Å²) in [5, 5.41) is 1.46. The lowest BCUT2D eigenvalue weighted by atomic mass is 10.0. The lowest BCUT2D eigenvalue weighted by Gasteiger charge is -2.49. The summed E-state index contributed by atoms with van der Waals surface area (Å²) in [4.78, 5) is 5.54. The average molecular weight is 327 g/mol. The van der Waals surface area contributed by atoms with Crippen LogP contribution >= 0.6 is 0 Å². The van der Waals surface area contributed by atoms with Crippen molar-refractivity contribution in [1.82, 2.24) is 9.80 Å². The normalized spacial score (nSPS) is 12.9. The molecule has 0 amide bonds. The molecule has 22 heavy (non-hydrogen) atoms. The fourth-order valence-electron chi connectivity index (χ4n) is 3.51. The highest BCUT2D eigenvalue weighted by molar-refractivity contribution is 6.44. The first-order valence-electron chi connectivity index (χ1n) is 9.60. The molecule has 0 N–H and O–H groups in total. The lowest BCUT2D eigenvalue weighted by molar-refractivity contribution is -0.0502. The lowest BCUT2D eigenvalue weighted by Crippen LogP contribution is -2.59. The molecule has 0 bridgehead atoms. The molecule has 0 aliphatic rings. The standard InChI is InChI=1S/C19H42N2Si/c1-8-13-20(14-9-2)19(7,12-17-22-18(5)6)21(15-10-3)16-11-4/h5,8-17,22H2,1-4,6-7H3. The third kappa shape index (κ3) is 7.43. The van der Waals surface area contributed by atoms with E-state index in [-0.39, 0.29) is 15.2 Å². The fraction of sp³-hybridized carbons (Fsp3) is 0.895. The second-order valence-corrected chi connectivity index (χ2v) is 9.42. The number of allylic oxidation sites excluding steroid dienone is 1. The van der Waals surface area contributed by atoms with E-state index in [1.165, 1.54) is 69.5 Å². The van der Waals surface area contributed by atoms with Crippen LogP contribution in [0.3, 0.4) is 0 Å². The van der Waals surface area contributed by atoms with E-state index in [2.05, 4.69) is 57.9 Å². The van der Waals surface area contributed by atoms with E-state index in [0.29, 0.717) is 0 Å². The molecule has 0 heterocycles. The van der Waals surface area contributed by atoms with Crippen molar-refractivity contribution < 1.29 is 0 Å². The zero-order chi connectivity index (χ0) is 17.0. The second-order valence-electron chi connectivity index (χ2n) is 7.00. The molecule has 0 aliphatic heterocycles. The van der Waals surface area contributed by atoms with Gasteiger partial charge in [-0.25, -0.2) is 0 Å². The van der Waals surface area contributed by atoms with Crippen LogP contribution in [0, 0.1) is 0 Å². The molecule has 0 spiro atoms. The van der Waals surface area contributed by atoms with Crippen molar-refractivity contribution in [3.63, 3.8) is 0 Å². The van der Waals surface area contributed by atoms with Gasteiger partial charge in [0.25, 0.3) is 0 Å². The van der Waals surface area contributed by atoms with Crippen LogP contribution < -0.4 is 0 Å². The van der Waals surface area contributed by atoms with E-state index in [4.69, 9.17) is 0 Å². The van der Waals surface area contributed by atoms with Gasteiger partial charge in [-0.2, -0.15) is 0 Å². The third-order valence-electron chi connectivity index (χ3n) is 4.59. The minimum absolute atomic E-state index is 0.101. The molecule has 2 nitrogen and oxygen atoms in total. The summed E-state index contributed by atoms with van der Waals surface area (Å²) in [6.45, 7) is 23.0. The van der Waals surface area contributed by atoms with E-state index in [0.717, 1.165) is 0 Å². The van der Waals surface area contributed by atoms with Crippen molar-refractivity contribution in [2.45, 2.75) is 85.4 Å². The van der Waals surface area contributed by atoms with Crippen molar-refractivity contribution in [3.8, 4) is 0 Å². The van der Waals surface area contributed by atoms with Crippen LogP contribution in [0.2, 0.25) is 6.04 Å². The van der Waals surface area contributed by atoms with Crippen molar-refractivity contribution in [3.05, 3.63) is 11.8 Å². The number of rotatable bonds is 14. The van der Waals surface area contributed by atoms with E-state index in [1.807, 2.05) is 0 Å². The van der Waals surface area contributed by atoms with Crippen LogP contribution in [0.5, 0.6) is 0 Å². The van der Waals surface area contributed by atoms with Gasteiger partial charge in [0.15, 0.2) is 0 Å². The summed E-state index contributed by atoms with van der Waals surface area (Å²) >= 11 is 0. The summed E-state index contributed by atoms with van der Waals surface area (Å²) in [7, 11) is -0.101. The van der Waals surface area contributed by atoms with Gasteiger partial charge >= 0.3 is 0 Å². The first-order chi connectivity index (χ1) is 10.5. The second kappa shape index (κ2) is 12.3. The van der Waals surface area contributed by atoms with Gasteiger partial charge in [0, 0.05) is 9.52 Å². The van der Waals surface area contributed by atoms with Gasteiger partial charge in [-0.3, -0.25) is 9.80 Å². The molecule has 0 aromatic carbocycles. The van der Waals surface area contributed by atoms with Gasteiger partial charge in [-0.05, 0) is 72.1 Å². The van der Waals surface area contributed by atoms with Gasteiger partial charge < -0.3 is 0 Å². The van der Waals surface area contributed by atoms with Gasteiger partial charge in [0.1, 0.15) is 0 Å². The molecule has 0 radical (unpaired) electrons. The quantitative estimate of drug-likeness (QED) is 0.343. The van der Waals surface area contributed by atoms with Gasteiger partial charge in [0.05, 0.1) is 5.66 Å². The molecule has 0 fully saturated rings. The number of hydrogen-bond acceptors (Lipinski definition) is 2. The Labute approximate surface area is 143 Å². The summed E-state index contributed by atoms with van der Waals surface area (Å²) in [5.41, 5.74) is 0.237. The van der Waals surface area contributed by atoms with Gasteiger partial charge in [0.2, 0.25) is 0 Å². The molecule has 0 atom stereocenters. The molecule has 0 aromatic heterocycles.